The number of aromatic nitrogens is 4. The number of esters is 1. The van der Waals surface area contributed by atoms with E-state index < -0.39 is 15.8 Å². The fourth-order valence-electron chi connectivity index (χ4n) is 3.27. The summed E-state index contributed by atoms with van der Waals surface area (Å²) in [6.45, 7) is 1.56. The molecule has 9 nitrogen and oxygen atoms in total. The summed E-state index contributed by atoms with van der Waals surface area (Å²) in [6.07, 6.45) is 3.18. The Morgan fingerprint density at radius 3 is 2.81 bits per heavy atom. The largest absolute Gasteiger partial charge is 0.452 e. The predicted molar refractivity (Wildman–Crippen MR) is 113 cm³/mol. The molecule has 1 fully saturated rings. The van der Waals surface area contributed by atoms with Gasteiger partial charge in [0.1, 0.15) is 5.15 Å². The van der Waals surface area contributed by atoms with Crippen LogP contribution in [0.3, 0.4) is 0 Å². The molecule has 0 amide bonds. The van der Waals surface area contributed by atoms with Crippen molar-refractivity contribution in [1.29, 1.82) is 0 Å². The highest BCUT2D eigenvalue weighted by molar-refractivity contribution is 7.91. The molecule has 3 aromatic rings. The third-order valence-electron chi connectivity index (χ3n) is 4.84. The molecule has 0 radical (unpaired) electrons. The summed E-state index contributed by atoms with van der Waals surface area (Å²) in [6, 6.07) is 8.94. The van der Waals surface area contributed by atoms with Crippen molar-refractivity contribution in [2.75, 3.05) is 11.5 Å². The Morgan fingerprint density at radius 2 is 2.10 bits per heavy atom. The fourth-order valence-corrected chi connectivity index (χ4v) is 5.34. The van der Waals surface area contributed by atoms with Gasteiger partial charge in [-0.3, -0.25) is 0 Å². The Hall–Kier alpha value is -2.98. The van der Waals surface area contributed by atoms with Gasteiger partial charge in [0, 0.05) is 17.2 Å². The summed E-state index contributed by atoms with van der Waals surface area (Å²) in [5, 5.41) is 12.4. The van der Waals surface area contributed by atoms with Gasteiger partial charge in [0.05, 0.1) is 23.2 Å². The Labute approximate surface area is 183 Å². The molecule has 3 heterocycles. The number of nitrogens with zero attached hydrogens (tertiary/aromatic N) is 4. The van der Waals surface area contributed by atoms with Crippen LogP contribution in [-0.4, -0.2) is 45.9 Å². The normalized spacial score (nSPS) is 17.9. The fraction of sp³-hybridized carbons (Fsp3) is 0.300. The minimum absolute atomic E-state index is 0.00812. The highest BCUT2D eigenvalue weighted by Gasteiger charge is 2.31. The van der Waals surface area contributed by atoms with Gasteiger partial charge in [0.25, 0.3) is 5.89 Å². The molecule has 0 spiro atoms. The molecule has 0 aliphatic carbocycles. The van der Waals surface area contributed by atoms with Gasteiger partial charge in [0.15, 0.2) is 16.4 Å². The summed E-state index contributed by atoms with van der Waals surface area (Å²) < 4.78 is 35.6. The number of carbonyl (C=O) groups is 1. The van der Waals surface area contributed by atoms with Gasteiger partial charge in [-0.25, -0.2) is 17.9 Å². The van der Waals surface area contributed by atoms with E-state index in [9.17, 15) is 13.2 Å². The zero-order valence-electron chi connectivity index (χ0n) is 16.6. The minimum Gasteiger partial charge on any atom is -0.452 e. The van der Waals surface area contributed by atoms with Crippen molar-refractivity contribution in [3.63, 3.8) is 0 Å². The van der Waals surface area contributed by atoms with Crippen LogP contribution in [0.2, 0.25) is 5.15 Å². The van der Waals surface area contributed by atoms with Crippen LogP contribution in [0.4, 0.5) is 0 Å². The van der Waals surface area contributed by atoms with Crippen molar-refractivity contribution >= 4 is 33.5 Å². The first-order chi connectivity index (χ1) is 14.8. The van der Waals surface area contributed by atoms with Crippen molar-refractivity contribution in [3.8, 4) is 11.5 Å². The number of ether oxygens (including phenoxy) is 1. The predicted octanol–water partition coefficient (Wildman–Crippen LogP) is 3.01. The van der Waals surface area contributed by atoms with E-state index in [1.54, 1.807) is 6.92 Å². The van der Waals surface area contributed by atoms with Gasteiger partial charge in [-0.2, -0.15) is 5.10 Å². The van der Waals surface area contributed by atoms with Gasteiger partial charge in [-0.05, 0) is 31.6 Å². The molecule has 1 aromatic carbocycles. The number of benzene rings is 1. The number of carbonyl (C=O) groups excluding carboxylic acids is 1. The van der Waals surface area contributed by atoms with Crippen LogP contribution in [-0.2, 0) is 26.0 Å². The quantitative estimate of drug-likeness (QED) is 0.405. The smallest absolute Gasteiger partial charge is 0.331 e. The summed E-state index contributed by atoms with van der Waals surface area (Å²) in [5.41, 5.74) is 1.89. The topological polar surface area (TPSA) is 117 Å². The maximum absolute atomic E-state index is 12.1. The Kier molecular flexibility index (Phi) is 5.92. The van der Waals surface area contributed by atoms with Crippen LogP contribution in [0.5, 0.6) is 0 Å². The first-order valence-corrected chi connectivity index (χ1v) is 11.7. The van der Waals surface area contributed by atoms with Crippen LogP contribution >= 0.6 is 11.6 Å². The lowest BCUT2D eigenvalue weighted by Crippen LogP contribution is -2.12. The number of hydrogen-bond donors (Lipinski definition) is 0. The van der Waals surface area contributed by atoms with Gasteiger partial charge in [-0.15, -0.1) is 10.2 Å². The lowest BCUT2D eigenvalue weighted by atomic mass is 10.2. The summed E-state index contributed by atoms with van der Waals surface area (Å²) in [5.74, 6) is 0.0161. The van der Waals surface area contributed by atoms with E-state index in [0.717, 1.165) is 5.56 Å². The van der Waals surface area contributed by atoms with Crippen LogP contribution < -0.4 is 0 Å². The molecule has 1 saturated heterocycles. The van der Waals surface area contributed by atoms with Crippen molar-refractivity contribution < 1.29 is 22.4 Å². The number of sulfone groups is 1. The molecule has 31 heavy (non-hydrogen) atoms. The minimum atomic E-state index is -3.07. The number of aryl methyl sites for hydroxylation is 1. The zero-order chi connectivity index (χ0) is 22.0. The third-order valence-corrected chi connectivity index (χ3v) is 6.96. The van der Waals surface area contributed by atoms with Crippen LogP contribution in [0.15, 0.2) is 40.8 Å². The molecule has 0 saturated carbocycles. The van der Waals surface area contributed by atoms with E-state index in [1.165, 1.54) is 16.8 Å². The molecular formula is C20H19ClN4O5S. The van der Waals surface area contributed by atoms with Crippen LogP contribution in [0.25, 0.3) is 17.5 Å². The standard InChI is InChI=1S/C20H19ClN4O5S/c1-13-16(19(21)25(24-13)15-9-10-31(27,28)12-15)7-8-18(26)29-11-17-22-23-20(30-17)14-5-3-2-4-6-14/h2-8,15H,9-12H2,1H3. The SMILES string of the molecule is Cc1nn(C2CCS(=O)(=O)C2)c(Cl)c1C=CC(=O)OCc1nnc(-c2ccccc2)o1. The molecule has 1 unspecified atom stereocenters. The maximum atomic E-state index is 12.1. The second kappa shape index (κ2) is 8.64. The lowest BCUT2D eigenvalue weighted by Gasteiger charge is -2.09. The average molecular weight is 463 g/mol. The molecule has 4 rings (SSSR count). The van der Waals surface area contributed by atoms with Gasteiger partial charge >= 0.3 is 5.97 Å². The van der Waals surface area contributed by atoms with E-state index in [2.05, 4.69) is 15.3 Å². The number of hydrogen-bond acceptors (Lipinski definition) is 8. The summed E-state index contributed by atoms with van der Waals surface area (Å²) >= 11 is 6.39. The van der Waals surface area contributed by atoms with Crippen LogP contribution in [0, 0.1) is 6.92 Å². The molecule has 1 aliphatic rings. The van der Waals surface area contributed by atoms with E-state index in [1.807, 2.05) is 30.3 Å². The Balaban J connectivity index is 1.38. The van der Waals surface area contributed by atoms with Crippen LogP contribution in [0.1, 0.15) is 29.6 Å². The highest BCUT2D eigenvalue weighted by atomic mass is 35.5. The van der Waals surface area contributed by atoms with Crippen molar-refractivity contribution in [2.24, 2.45) is 0 Å². The van der Waals surface area contributed by atoms with E-state index >= 15 is 0 Å². The molecule has 11 heteroatoms. The second-order valence-electron chi connectivity index (χ2n) is 7.10. The first kappa shape index (κ1) is 21.3. The second-order valence-corrected chi connectivity index (χ2v) is 9.69. The molecular weight excluding hydrogens is 444 g/mol. The van der Waals surface area contributed by atoms with Crippen molar-refractivity contribution in [2.45, 2.75) is 26.0 Å². The molecule has 0 N–H and O–H groups in total. The maximum Gasteiger partial charge on any atom is 0.331 e. The number of rotatable bonds is 6. The summed E-state index contributed by atoms with van der Waals surface area (Å²) in [7, 11) is -3.07. The van der Waals surface area contributed by atoms with Crippen molar-refractivity contribution in [3.05, 3.63) is 58.7 Å². The van der Waals surface area contributed by atoms with E-state index in [4.69, 9.17) is 20.8 Å². The zero-order valence-corrected chi connectivity index (χ0v) is 18.1. The van der Waals surface area contributed by atoms with Gasteiger partial charge in [0.2, 0.25) is 5.89 Å². The van der Waals surface area contributed by atoms with Gasteiger partial charge < -0.3 is 9.15 Å². The third kappa shape index (κ3) is 4.86. The highest BCUT2D eigenvalue weighted by Crippen LogP contribution is 2.30. The Bertz CT molecular complexity index is 1230. The van der Waals surface area contributed by atoms with E-state index in [-0.39, 0.29) is 35.2 Å². The van der Waals surface area contributed by atoms with Crippen molar-refractivity contribution in [1.82, 2.24) is 20.0 Å². The molecule has 1 atom stereocenters. The molecule has 0 bridgehead atoms. The molecule has 1 aliphatic heterocycles. The number of halogens is 1. The molecule has 162 valence electrons. The molecule has 2 aromatic heterocycles. The monoisotopic (exact) mass is 462 g/mol. The van der Waals surface area contributed by atoms with Gasteiger partial charge in [-0.1, -0.05) is 29.8 Å². The lowest BCUT2D eigenvalue weighted by molar-refractivity contribution is -0.139. The Morgan fingerprint density at radius 1 is 1.32 bits per heavy atom. The first-order valence-electron chi connectivity index (χ1n) is 9.50. The van der Waals surface area contributed by atoms with E-state index in [0.29, 0.717) is 23.6 Å². The summed E-state index contributed by atoms with van der Waals surface area (Å²) in [4.78, 5) is 12.1. The average Bonchev–Trinajstić information content (AvgIpc) is 3.43.